The summed E-state index contributed by atoms with van der Waals surface area (Å²) in [6, 6.07) is 18.1. The number of benzene rings is 2. The van der Waals surface area contributed by atoms with E-state index in [9.17, 15) is 14.4 Å². The Morgan fingerprint density at radius 3 is 2.44 bits per heavy atom. The number of rotatable bonds is 4. The normalized spacial score (nSPS) is 10.8. The maximum absolute atomic E-state index is 12.2. The van der Waals surface area contributed by atoms with Gasteiger partial charge < -0.3 is 4.74 Å². The molecule has 0 bridgehead atoms. The minimum atomic E-state index is -0.666. The standard InChI is InChI=1S/C20H13NO4S2/c22-17(21-19(23)12-6-2-1-3-7-12)11-25-20(24)16-10-15-18(27-16)13-8-4-5-9-14(13)26-15/h1-10H,11H2,(H,21,22,23). The molecule has 0 spiro atoms. The third-order valence-corrected chi connectivity index (χ3v) is 6.27. The minimum absolute atomic E-state index is 0.363. The van der Waals surface area contributed by atoms with Crippen LogP contribution in [0.2, 0.25) is 0 Å². The second-order valence-electron chi connectivity index (χ2n) is 5.72. The molecule has 4 rings (SSSR count). The van der Waals surface area contributed by atoms with Crippen LogP contribution >= 0.6 is 22.7 Å². The summed E-state index contributed by atoms with van der Waals surface area (Å²) < 4.78 is 8.26. The van der Waals surface area contributed by atoms with Crippen molar-refractivity contribution < 1.29 is 19.1 Å². The lowest BCUT2D eigenvalue weighted by molar-refractivity contribution is -0.123. The van der Waals surface area contributed by atoms with Crippen LogP contribution in [0.5, 0.6) is 0 Å². The van der Waals surface area contributed by atoms with E-state index in [1.807, 2.05) is 24.3 Å². The van der Waals surface area contributed by atoms with Gasteiger partial charge in [0.2, 0.25) is 0 Å². The Morgan fingerprint density at radius 1 is 0.889 bits per heavy atom. The van der Waals surface area contributed by atoms with Crippen molar-refractivity contribution in [3.63, 3.8) is 0 Å². The molecule has 0 fully saturated rings. The predicted molar refractivity (Wildman–Crippen MR) is 106 cm³/mol. The van der Waals surface area contributed by atoms with E-state index in [1.165, 1.54) is 11.3 Å². The van der Waals surface area contributed by atoms with Crippen molar-refractivity contribution >= 4 is 59.9 Å². The highest BCUT2D eigenvalue weighted by atomic mass is 32.1. The van der Waals surface area contributed by atoms with Gasteiger partial charge in [-0.2, -0.15) is 0 Å². The molecule has 4 aromatic rings. The molecule has 7 heteroatoms. The van der Waals surface area contributed by atoms with Crippen molar-refractivity contribution in [3.05, 3.63) is 71.1 Å². The minimum Gasteiger partial charge on any atom is -0.451 e. The average molecular weight is 395 g/mol. The van der Waals surface area contributed by atoms with E-state index in [2.05, 4.69) is 5.32 Å². The van der Waals surface area contributed by atoms with Gasteiger partial charge in [-0.25, -0.2) is 4.79 Å². The molecule has 2 amide bonds. The largest absolute Gasteiger partial charge is 0.451 e. The number of esters is 1. The lowest BCUT2D eigenvalue weighted by Crippen LogP contribution is -2.34. The van der Waals surface area contributed by atoms with E-state index in [4.69, 9.17) is 4.74 Å². The number of carbonyl (C=O) groups excluding carboxylic acids is 3. The van der Waals surface area contributed by atoms with Crippen LogP contribution in [0.15, 0.2) is 60.7 Å². The highest BCUT2D eigenvalue weighted by molar-refractivity contribution is 7.33. The highest BCUT2D eigenvalue weighted by Gasteiger charge is 2.17. The number of ether oxygens (including phenoxy) is 1. The van der Waals surface area contributed by atoms with E-state index >= 15 is 0 Å². The molecule has 0 aliphatic heterocycles. The van der Waals surface area contributed by atoms with Gasteiger partial charge in [0.25, 0.3) is 11.8 Å². The number of thiophene rings is 2. The second-order valence-corrected chi connectivity index (χ2v) is 7.86. The van der Waals surface area contributed by atoms with Crippen LogP contribution < -0.4 is 5.32 Å². The first-order valence-corrected chi connectivity index (χ1v) is 9.72. The number of amides is 2. The molecular formula is C20H13NO4S2. The Morgan fingerprint density at radius 2 is 1.63 bits per heavy atom. The zero-order chi connectivity index (χ0) is 18.8. The summed E-state index contributed by atoms with van der Waals surface area (Å²) in [4.78, 5) is 36.4. The number of carbonyl (C=O) groups is 3. The molecule has 0 aliphatic rings. The average Bonchev–Trinajstić information content (AvgIpc) is 3.25. The molecule has 1 N–H and O–H groups in total. The molecule has 27 heavy (non-hydrogen) atoms. The summed E-state index contributed by atoms with van der Waals surface area (Å²) in [5.74, 6) is -1.77. The Bertz CT molecular complexity index is 1160. The van der Waals surface area contributed by atoms with Crippen LogP contribution in [0.1, 0.15) is 20.0 Å². The first kappa shape index (κ1) is 17.4. The van der Waals surface area contributed by atoms with E-state index < -0.39 is 24.4 Å². The van der Waals surface area contributed by atoms with Gasteiger partial charge in [-0.3, -0.25) is 14.9 Å². The first-order valence-electron chi connectivity index (χ1n) is 8.09. The Hall–Kier alpha value is -3.03. The third-order valence-electron chi connectivity index (χ3n) is 3.87. The number of hydrogen-bond acceptors (Lipinski definition) is 6. The Labute approximate surface area is 162 Å². The molecule has 0 saturated carbocycles. The van der Waals surface area contributed by atoms with E-state index in [1.54, 1.807) is 47.7 Å². The fourth-order valence-electron chi connectivity index (χ4n) is 2.63. The number of imide groups is 1. The molecule has 5 nitrogen and oxygen atoms in total. The van der Waals surface area contributed by atoms with Crippen LogP contribution in [0.4, 0.5) is 0 Å². The maximum Gasteiger partial charge on any atom is 0.348 e. The van der Waals surface area contributed by atoms with Crippen molar-refractivity contribution in [2.45, 2.75) is 0 Å². The summed E-state index contributed by atoms with van der Waals surface area (Å²) >= 11 is 2.95. The third kappa shape index (κ3) is 3.60. The molecule has 2 aromatic carbocycles. The molecule has 2 aromatic heterocycles. The lowest BCUT2D eigenvalue weighted by atomic mass is 10.2. The number of hydrogen-bond donors (Lipinski definition) is 1. The molecule has 2 heterocycles. The summed E-state index contributed by atoms with van der Waals surface area (Å²) in [5.41, 5.74) is 0.363. The van der Waals surface area contributed by atoms with Crippen molar-refractivity contribution in [3.8, 4) is 0 Å². The van der Waals surface area contributed by atoms with Crippen molar-refractivity contribution in [1.29, 1.82) is 0 Å². The van der Waals surface area contributed by atoms with Gasteiger partial charge in [-0.15, -0.1) is 22.7 Å². The topological polar surface area (TPSA) is 72.5 Å². The number of nitrogens with one attached hydrogen (secondary N) is 1. The Balaban J connectivity index is 1.39. The SMILES string of the molecule is O=C(COC(=O)c1cc2sc3ccccc3c2s1)NC(=O)c1ccccc1. The predicted octanol–water partition coefficient (Wildman–Crippen LogP) is 4.23. The van der Waals surface area contributed by atoms with E-state index in [0.29, 0.717) is 10.4 Å². The van der Waals surface area contributed by atoms with E-state index in [0.717, 1.165) is 19.5 Å². The monoisotopic (exact) mass is 395 g/mol. The highest BCUT2D eigenvalue weighted by Crippen LogP contribution is 2.39. The summed E-state index contributed by atoms with van der Waals surface area (Å²) in [6.07, 6.45) is 0. The van der Waals surface area contributed by atoms with Crippen LogP contribution in [0.3, 0.4) is 0 Å². The van der Waals surface area contributed by atoms with Crippen molar-refractivity contribution in [2.75, 3.05) is 6.61 Å². The quantitative estimate of drug-likeness (QED) is 0.525. The molecular weight excluding hydrogens is 382 g/mol. The molecule has 0 unspecified atom stereocenters. The fourth-order valence-corrected chi connectivity index (χ4v) is 5.05. The summed E-state index contributed by atoms with van der Waals surface area (Å²) in [5, 5.41) is 3.30. The van der Waals surface area contributed by atoms with Gasteiger partial charge in [-0.1, -0.05) is 36.4 Å². The van der Waals surface area contributed by atoms with E-state index in [-0.39, 0.29) is 0 Å². The van der Waals surface area contributed by atoms with Gasteiger partial charge in [0.05, 0.1) is 4.70 Å². The first-order chi connectivity index (χ1) is 13.1. The molecule has 0 aliphatic carbocycles. The van der Waals surface area contributed by atoms with Crippen LogP contribution in [0, 0.1) is 0 Å². The summed E-state index contributed by atoms with van der Waals surface area (Å²) in [7, 11) is 0. The van der Waals surface area contributed by atoms with Gasteiger partial charge in [0.15, 0.2) is 6.61 Å². The van der Waals surface area contributed by atoms with Gasteiger partial charge in [0, 0.05) is 20.3 Å². The van der Waals surface area contributed by atoms with Gasteiger partial charge in [-0.05, 0) is 24.3 Å². The fraction of sp³-hybridized carbons (Fsp3) is 0.0500. The zero-order valence-corrected chi connectivity index (χ0v) is 15.6. The summed E-state index contributed by atoms with van der Waals surface area (Å²) in [6.45, 7) is -0.510. The van der Waals surface area contributed by atoms with Crippen LogP contribution in [-0.2, 0) is 9.53 Å². The van der Waals surface area contributed by atoms with Crippen molar-refractivity contribution in [1.82, 2.24) is 5.32 Å². The zero-order valence-electron chi connectivity index (χ0n) is 13.9. The molecule has 0 atom stereocenters. The van der Waals surface area contributed by atoms with Crippen LogP contribution in [-0.4, -0.2) is 24.4 Å². The molecule has 0 saturated heterocycles. The maximum atomic E-state index is 12.2. The van der Waals surface area contributed by atoms with Crippen LogP contribution in [0.25, 0.3) is 19.5 Å². The van der Waals surface area contributed by atoms with Gasteiger partial charge >= 0.3 is 5.97 Å². The van der Waals surface area contributed by atoms with Crippen molar-refractivity contribution in [2.24, 2.45) is 0 Å². The van der Waals surface area contributed by atoms with Gasteiger partial charge in [0.1, 0.15) is 4.88 Å². The molecule has 0 radical (unpaired) electrons. The Kier molecular flexibility index (Phi) is 4.70. The lowest BCUT2D eigenvalue weighted by Gasteiger charge is -2.05. The molecule has 134 valence electrons. The number of fused-ring (bicyclic) bond motifs is 3. The smallest absolute Gasteiger partial charge is 0.348 e. The second kappa shape index (κ2) is 7.30.